The standard InChI is InChI=1S/C20H28O5/c1-3-19(25-16-24-15-17-10-6-4-7-11-17)14-18(21)12-8-5-9-13-20(22)23-2/h3-4,6-7,9-11,13,18-19,21H,1,5,8,12,14-16H2,2H3/b13-9+/t18-,19+/m1/s1. The van der Waals surface area contributed by atoms with Gasteiger partial charge in [-0.3, -0.25) is 0 Å². The van der Waals surface area contributed by atoms with E-state index in [1.807, 2.05) is 30.3 Å². The number of methoxy groups -OCH3 is 1. The summed E-state index contributed by atoms with van der Waals surface area (Å²) in [5.74, 6) is -0.365. The van der Waals surface area contributed by atoms with Gasteiger partial charge in [0.05, 0.1) is 25.9 Å². The summed E-state index contributed by atoms with van der Waals surface area (Å²) < 4.78 is 15.6. The Morgan fingerprint density at radius 3 is 2.76 bits per heavy atom. The summed E-state index contributed by atoms with van der Waals surface area (Å²) in [6.07, 6.45) is 6.67. The Hall–Kier alpha value is -1.95. The Balaban J connectivity index is 2.14. The van der Waals surface area contributed by atoms with Gasteiger partial charge >= 0.3 is 5.97 Å². The molecule has 25 heavy (non-hydrogen) atoms. The molecule has 0 amide bonds. The molecule has 1 aromatic rings. The molecule has 0 aliphatic carbocycles. The maximum absolute atomic E-state index is 10.9. The van der Waals surface area contributed by atoms with Gasteiger partial charge in [0.15, 0.2) is 0 Å². The maximum atomic E-state index is 10.9. The first kappa shape index (κ1) is 21.1. The number of carbonyl (C=O) groups excluding carboxylic acids is 1. The van der Waals surface area contributed by atoms with Crippen LogP contribution in [0, 0.1) is 0 Å². The lowest BCUT2D eigenvalue weighted by molar-refractivity contribution is -0.134. The molecular formula is C20H28O5. The van der Waals surface area contributed by atoms with Crippen molar-refractivity contribution in [2.45, 2.75) is 44.5 Å². The number of allylic oxidation sites excluding steroid dienone is 1. The summed E-state index contributed by atoms with van der Waals surface area (Å²) in [6.45, 7) is 4.37. The number of ether oxygens (including phenoxy) is 3. The molecule has 0 unspecified atom stereocenters. The normalized spacial score (nSPS) is 13.5. The Morgan fingerprint density at radius 2 is 2.08 bits per heavy atom. The third-order valence-electron chi connectivity index (χ3n) is 3.61. The van der Waals surface area contributed by atoms with Crippen molar-refractivity contribution in [1.82, 2.24) is 0 Å². The summed E-state index contributed by atoms with van der Waals surface area (Å²) >= 11 is 0. The molecule has 1 aromatic carbocycles. The number of rotatable bonds is 13. The van der Waals surface area contributed by atoms with E-state index < -0.39 is 6.10 Å². The number of aliphatic hydroxyl groups excluding tert-OH is 1. The fraction of sp³-hybridized carbons (Fsp3) is 0.450. The Morgan fingerprint density at radius 1 is 1.32 bits per heavy atom. The van der Waals surface area contributed by atoms with Gasteiger partial charge in [-0.05, 0) is 24.8 Å². The summed E-state index contributed by atoms with van der Waals surface area (Å²) in [5.41, 5.74) is 1.08. The highest BCUT2D eigenvalue weighted by Gasteiger charge is 2.12. The number of esters is 1. The molecule has 0 aliphatic rings. The second-order valence-corrected chi connectivity index (χ2v) is 5.64. The van der Waals surface area contributed by atoms with Crippen LogP contribution in [0.15, 0.2) is 55.1 Å². The molecule has 2 atom stereocenters. The van der Waals surface area contributed by atoms with E-state index in [1.165, 1.54) is 13.2 Å². The molecular weight excluding hydrogens is 320 g/mol. The fourth-order valence-electron chi connectivity index (χ4n) is 2.21. The van der Waals surface area contributed by atoms with Crippen LogP contribution in [0.4, 0.5) is 0 Å². The third kappa shape index (κ3) is 10.5. The molecule has 1 N–H and O–H groups in total. The summed E-state index contributed by atoms with van der Waals surface area (Å²) in [6, 6.07) is 9.86. The SMILES string of the molecule is C=C[C@@H](C[C@H](O)CCC/C=C/C(=O)OC)OCOCc1ccccc1. The second-order valence-electron chi connectivity index (χ2n) is 5.64. The number of hydrogen-bond acceptors (Lipinski definition) is 5. The molecule has 0 aliphatic heterocycles. The number of unbranched alkanes of at least 4 members (excludes halogenated alkanes) is 1. The molecule has 0 bridgehead atoms. The Kier molecular flexibility index (Phi) is 11.3. The van der Waals surface area contributed by atoms with E-state index in [2.05, 4.69) is 11.3 Å². The summed E-state index contributed by atoms with van der Waals surface area (Å²) in [7, 11) is 1.34. The van der Waals surface area contributed by atoms with Crippen molar-refractivity contribution in [3.05, 3.63) is 60.7 Å². The summed E-state index contributed by atoms with van der Waals surface area (Å²) in [4.78, 5) is 10.9. The molecule has 0 radical (unpaired) electrons. The van der Waals surface area contributed by atoms with Crippen LogP contribution >= 0.6 is 0 Å². The van der Waals surface area contributed by atoms with Crippen LogP contribution in [0.3, 0.4) is 0 Å². The van der Waals surface area contributed by atoms with Gasteiger partial charge in [-0.25, -0.2) is 4.79 Å². The van der Waals surface area contributed by atoms with Gasteiger partial charge in [-0.1, -0.05) is 42.5 Å². The molecule has 0 heterocycles. The minimum atomic E-state index is -0.483. The van der Waals surface area contributed by atoms with Gasteiger partial charge in [-0.2, -0.15) is 0 Å². The average molecular weight is 348 g/mol. The zero-order chi connectivity index (χ0) is 18.3. The molecule has 138 valence electrons. The van der Waals surface area contributed by atoms with Crippen LogP contribution in [0.2, 0.25) is 0 Å². The molecule has 1 rings (SSSR count). The van der Waals surface area contributed by atoms with Crippen LogP contribution in [0.25, 0.3) is 0 Å². The van der Waals surface area contributed by atoms with Crippen LogP contribution < -0.4 is 0 Å². The van der Waals surface area contributed by atoms with E-state index in [-0.39, 0.29) is 18.9 Å². The molecule has 5 heteroatoms. The smallest absolute Gasteiger partial charge is 0.330 e. The zero-order valence-electron chi connectivity index (χ0n) is 14.8. The van der Waals surface area contributed by atoms with Crippen LogP contribution in [-0.2, 0) is 25.6 Å². The third-order valence-corrected chi connectivity index (χ3v) is 3.61. The first-order chi connectivity index (χ1) is 12.2. The fourth-order valence-corrected chi connectivity index (χ4v) is 2.21. The number of benzene rings is 1. The first-order valence-corrected chi connectivity index (χ1v) is 8.44. The van der Waals surface area contributed by atoms with Crippen molar-refractivity contribution in [3.63, 3.8) is 0 Å². The lowest BCUT2D eigenvalue weighted by atomic mass is 10.1. The first-order valence-electron chi connectivity index (χ1n) is 8.44. The summed E-state index contributed by atoms with van der Waals surface area (Å²) in [5, 5.41) is 10.1. The van der Waals surface area contributed by atoms with Gasteiger partial charge in [0.25, 0.3) is 0 Å². The van der Waals surface area contributed by atoms with Crippen LogP contribution in [-0.4, -0.2) is 37.2 Å². The lowest BCUT2D eigenvalue weighted by Crippen LogP contribution is -2.20. The van der Waals surface area contributed by atoms with Crippen molar-refractivity contribution in [2.24, 2.45) is 0 Å². The highest BCUT2D eigenvalue weighted by Crippen LogP contribution is 2.11. The molecule has 0 spiro atoms. The van der Waals surface area contributed by atoms with E-state index in [0.717, 1.165) is 12.0 Å². The minimum Gasteiger partial charge on any atom is -0.466 e. The predicted molar refractivity (Wildman–Crippen MR) is 96.8 cm³/mol. The molecule has 0 saturated carbocycles. The molecule has 0 fully saturated rings. The van der Waals surface area contributed by atoms with E-state index in [0.29, 0.717) is 25.9 Å². The monoisotopic (exact) mass is 348 g/mol. The van der Waals surface area contributed by atoms with Crippen molar-refractivity contribution < 1.29 is 24.1 Å². The van der Waals surface area contributed by atoms with E-state index in [1.54, 1.807) is 12.2 Å². The molecule has 5 nitrogen and oxygen atoms in total. The molecule has 0 aromatic heterocycles. The van der Waals surface area contributed by atoms with Crippen LogP contribution in [0.1, 0.15) is 31.2 Å². The van der Waals surface area contributed by atoms with Gasteiger partial charge in [0.1, 0.15) is 6.79 Å². The average Bonchev–Trinajstić information content (AvgIpc) is 2.64. The predicted octanol–water partition coefficient (Wildman–Crippen LogP) is 3.38. The topological polar surface area (TPSA) is 65.0 Å². The Labute approximate surface area is 149 Å². The van der Waals surface area contributed by atoms with Crippen molar-refractivity contribution in [1.29, 1.82) is 0 Å². The number of carbonyl (C=O) groups is 1. The van der Waals surface area contributed by atoms with Gasteiger partial charge in [0.2, 0.25) is 0 Å². The van der Waals surface area contributed by atoms with Gasteiger partial charge < -0.3 is 19.3 Å². The lowest BCUT2D eigenvalue weighted by Gasteiger charge is -2.18. The highest BCUT2D eigenvalue weighted by atomic mass is 16.7. The zero-order valence-corrected chi connectivity index (χ0v) is 14.8. The van der Waals surface area contributed by atoms with Crippen molar-refractivity contribution in [3.8, 4) is 0 Å². The van der Waals surface area contributed by atoms with E-state index in [9.17, 15) is 9.90 Å². The van der Waals surface area contributed by atoms with Crippen LogP contribution in [0.5, 0.6) is 0 Å². The van der Waals surface area contributed by atoms with Crippen molar-refractivity contribution in [2.75, 3.05) is 13.9 Å². The quantitative estimate of drug-likeness (QED) is 0.195. The second kappa shape index (κ2) is 13.4. The van der Waals surface area contributed by atoms with Crippen molar-refractivity contribution >= 4 is 5.97 Å². The number of hydrogen-bond donors (Lipinski definition) is 1. The largest absolute Gasteiger partial charge is 0.466 e. The minimum absolute atomic E-state index is 0.153. The highest BCUT2D eigenvalue weighted by molar-refractivity contribution is 5.81. The molecule has 0 saturated heterocycles. The Bertz CT molecular complexity index is 512. The van der Waals surface area contributed by atoms with Gasteiger partial charge in [0, 0.05) is 12.5 Å². The maximum Gasteiger partial charge on any atom is 0.330 e. The van der Waals surface area contributed by atoms with Gasteiger partial charge in [-0.15, -0.1) is 6.58 Å². The van der Waals surface area contributed by atoms with E-state index >= 15 is 0 Å². The number of aliphatic hydroxyl groups is 1. The van der Waals surface area contributed by atoms with E-state index in [4.69, 9.17) is 9.47 Å².